The van der Waals surface area contributed by atoms with Crippen LogP contribution >= 0.6 is 0 Å². The third-order valence-corrected chi connectivity index (χ3v) is 2.54. The van der Waals surface area contributed by atoms with Crippen LogP contribution in [0.5, 0.6) is 5.75 Å². The van der Waals surface area contributed by atoms with Crippen LogP contribution in [0.3, 0.4) is 0 Å². The average Bonchev–Trinajstić information content (AvgIpc) is 2.48. The molecule has 0 atom stereocenters. The highest BCUT2D eigenvalue weighted by Gasteiger charge is 2.08. The largest absolute Gasteiger partial charge is 0.484 e. The number of hydrogen-bond donors (Lipinski definition) is 1. The van der Waals surface area contributed by atoms with Crippen molar-refractivity contribution in [1.82, 2.24) is 0 Å². The first-order chi connectivity index (χ1) is 10.1. The molecule has 21 heavy (non-hydrogen) atoms. The first-order valence-electron chi connectivity index (χ1n) is 5.96. The van der Waals surface area contributed by atoms with Crippen molar-refractivity contribution in [3.8, 4) is 11.8 Å². The van der Waals surface area contributed by atoms with Crippen molar-refractivity contribution in [2.75, 3.05) is 11.9 Å². The van der Waals surface area contributed by atoms with Crippen molar-refractivity contribution in [1.29, 1.82) is 5.26 Å². The maximum atomic E-state index is 13.3. The first-order valence-corrected chi connectivity index (χ1v) is 5.96. The molecule has 1 amide bonds. The topological polar surface area (TPSA) is 62.1 Å². The number of nitrogens with zero attached hydrogens (tertiary/aromatic N) is 1. The fourth-order valence-corrected chi connectivity index (χ4v) is 1.58. The number of halogens is 2. The zero-order valence-electron chi connectivity index (χ0n) is 10.8. The maximum absolute atomic E-state index is 13.3. The van der Waals surface area contributed by atoms with Gasteiger partial charge in [-0.15, -0.1) is 0 Å². The van der Waals surface area contributed by atoms with Gasteiger partial charge in [0.25, 0.3) is 5.91 Å². The van der Waals surface area contributed by atoms with Gasteiger partial charge in [-0.2, -0.15) is 5.26 Å². The van der Waals surface area contributed by atoms with Gasteiger partial charge in [-0.05, 0) is 30.3 Å². The van der Waals surface area contributed by atoms with E-state index < -0.39 is 17.5 Å². The highest BCUT2D eigenvalue weighted by molar-refractivity contribution is 5.91. The third kappa shape index (κ3) is 4.01. The SMILES string of the molecule is N#Cc1cccc(OCC(=O)Nc2ccc(F)cc2F)c1. The Hall–Kier alpha value is -2.94. The summed E-state index contributed by atoms with van der Waals surface area (Å²) in [7, 11) is 0. The number of nitrogens with one attached hydrogen (secondary N) is 1. The molecule has 6 heteroatoms. The van der Waals surface area contributed by atoms with Crippen LogP contribution in [0, 0.1) is 23.0 Å². The number of amides is 1. The molecule has 0 fully saturated rings. The van der Waals surface area contributed by atoms with E-state index in [0.717, 1.165) is 12.1 Å². The van der Waals surface area contributed by atoms with E-state index in [2.05, 4.69) is 5.32 Å². The van der Waals surface area contributed by atoms with E-state index in [-0.39, 0.29) is 12.3 Å². The Morgan fingerprint density at radius 1 is 1.24 bits per heavy atom. The van der Waals surface area contributed by atoms with Crippen molar-refractivity contribution in [2.45, 2.75) is 0 Å². The Morgan fingerprint density at radius 3 is 2.76 bits per heavy atom. The Morgan fingerprint density at radius 2 is 2.05 bits per heavy atom. The second-order valence-corrected chi connectivity index (χ2v) is 4.10. The number of carbonyl (C=O) groups is 1. The first kappa shape index (κ1) is 14.5. The summed E-state index contributed by atoms with van der Waals surface area (Å²) < 4.78 is 31.2. The summed E-state index contributed by atoms with van der Waals surface area (Å²) in [6.45, 7) is -0.355. The van der Waals surface area contributed by atoms with Crippen LogP contribution in [-0.2, 0) is 4.79 Å². The van der Waals surface area contributed by atoms with Crippen LogP contribution in [0.4, 0.5) is 14.5 Å². The number of nitriles is 1. The fourth-order valence-electron chi connectivity index (χ4n) is 1.58. The lowest BCUT2D eigenvalue weighted by atomic mass is 10.2. The molecule has 0 aromatic heterocycles. The van der Waals surface area contributed by atoms with Crippen LogP contribution < -0.4 is 10.1 Å². The highest BCUT2D eigenvalue weighted by atomic mass is 19.1. The second kappa shape index (κ2) is 6.48. The zero-order chi connectivity index (χ0) is 15.2. The molecule has 0 aliphatic carbocycles. The number of rotatable bonds is 4. The molecule has 1 N–H and O–H groups in total. The lowest BCUT2D eigenvalue weighted by Crippen LogP contribution is -2.20. The molecule has 106 valence electrons. The molecule has 0 saturated carbocycles. The summed E-state index contributed by atoms with van der Waals surface area (Å²) in [5.74, 6) is -1.84. The van der Waals surface area contributed by atoms with Gasteiger partial charge in [0.1, 0.15) is 17.4 Å². The Bertz CT molecular complexity index is 711. The van der Waals surface area contributed by atoms with Gasteiger partial charge < -0.3 is 10.1 Å². The minimum Gasteiger partial charge on any atom is -0.484 e. The molecule has 2 rings (SSSR count). The summed E-state index contributed by atoms with van der Waals surface area (Å²) in [5.41, 5.74) is 0.272. The zero-order valence-corrected chi connectivity index (χ0v) is 10.8. The molecular weight excluding hydrogens is 278 g/mol. The van der Waals surface area contributed by atoms with Crippen LogP contribution in [-0.4, -0.2) is 12.5 Å². The van der Waals surface area contributed by atoms with Gasteiger partial charge in [0.05, 0.1) is 17.3 Å². The molecule has 2 aromatic carbocycles. The predicted molar refractivity (Wildman–Crippen MR) is 71.6 cm³/mol. The second-order valence-electron chi connectivity index (χ2n) is 4.10. The lowest BCUT2D eigenvalue weighted by Gasteiger charge is -2.08. The van der Waals surface area contributed by atoms with Crippen molar-refractivity contribution in [3.05, 3.63) is 59.7 Å². The Balaban J connectivity index is 1.94. The molecule has 0 heterocycles. The minimum atomic E-state index is -0.866. The molecule has 0 unspecified atom stereocenters. The molecule has 4 nitrogen and oxygen atoms in total. The van der Waals surface area contributed by atoms with Crippen molar-refractivity contribution in [2.24, 2.45) is 0 Å². The van der Waals surface area contributed by atoms with Crippen LogP contribution in [0.2, 0.25) is 0 Å². The van der Waals surface area contributed by atoms with Crippen LogP contribution in [0.15, 0.2) is 42.5 Å². The quantitative estimate of drug-likeness (QED) is 0.941. The van der Waals surface area contributed by atoms with Gasteiger partial charge in [0, 0.05) is 6.07 Å². The predicted octanol–water partition coefficient (Wildman–Crippen LogP) is 2.85. The highest BCUT2D eigenvalue weighted by Crippen LogP contribution is 2.15. The number of anilines is 1. The van der Waals surface area contributed by atoms with Gasteiger partial charge in [-0.3, -0.25) is 4.79 Å². The van der Waals surface area contributed by atoms with Gasteiger partial charge >= 0.3 is 0 Å². The third-order valence-electron chi connectivity index (χ3n) is 2.54. The normalized spacial score (nSPS) is 9.76. The van der Waals surface area contributed by atoms with Gasteiger partial charge in [0.2, 0.25) is 0 Å². The van der Waals surface area contributed by atoms with Gasteiger partial charge in [-0.25, -0.2) is 8.78 Å². The van der Waals surface area contributed by atoms with E-state index in [0.29, 0.717) is 17.4 Å². The summed E-state index contributed by atoms with van der Waals surface area (Å²) in [5, 5.41) is 11.0. The lowest BCUT2D eigenvalue weighted by molar-refractivity contribution is -0.118. The Labute approximate surface area is 119 Å². The van der Waals surface area contributed by atoms with E-state index in [1.54, 1.807) is 18.2 Å². The van der Waals surface area contributed by atoms with Gasteiger partial charge in [-0.1, -0.05) is 6.07 Å². The number of hydrogen-bond acceptors (Lipinski definition) is 3. The molecule has 0 saturated heterocycles. The van der Waals surface area contributed by atoms with Gasteiger partial charge in [0.15, 0.2) is 6.61 Å². The summed E-state index contributed by atoms with van der Waals surface area (Å²) in [4.78, 5) is 11.6. The van der Waals surface area contributed by atoms with Crippen molar-refractivity contribution < 1.29 is 18.3 Å². The molecule has 0 bridgehead atoms. The van der Waals surface area contributed by atoms with E-state index in [1.165, 1.54) is 6.07 Å². The van der Waals surface area contributed by atoms with Crippen molar-refractivity contribution in [3.63, 3.8) is 0 Å². The minimum absolute atomic E-state index is 0.129. The van der Waals surface area contributed by atoms with E-state index in [9.17, 15) is 13.6 Å². The maximum Gasteiger partial charge on any atom is 0.262 e. The molecule has 0 aliphatic heterocycles. The van der Waals surface area contributed by atoms with Crippen molar-refractivity contribution >= 4 is 11.6 Å². The smallest absolute Gasteiger partial charge is 0.262 e. The number of ether oxygens (including phenoxy) is 1. The van der Waals surface area contributed by atoms with E-state index in [4.69, 9.17) is 10.00 Å². The number of carbonyl (C=O) groups excluding carboxylic acids is 1. The molecule has 0 aliphatic rings. The summed E-state index contributed by atoms with van der Waals surface area (Å²) in [6, 6.07) is 11.1. The monoisotopic (exact) mass is 288 g/mol. The Kier molecular flexibility index (Phi) is 4.46. The molecule has 2 aromatic rings. The molecular formula is C15H10F2N2O2. The standard InChI is InChI=1S/C15H10F2N2O2/c16-11-4-5-14(13(17)7-11)19-15(20)9-21-12-3-1-2-10(6-12)8-18/h1-7H,9H2,(H,19,20). The van der Waals surface area contributed by atoms with Crippen LogP contribution in [0.1, 0.15) is 5.56 Å². The van der Waals surface area contributed by atoms with E-state index in [1.807, 2.05) is 6.07 Å². The fraction of sp³-hybridized carbons (Fsp3) is 0.0667. The molecule has 0 spiro atoms. The summed E-state index contributed by atoms with van der Waals surface area (Å²) >= 11 is 0. The van der Waals surface area contributed by atoms with Crippen LogP contribution in [0.25, 0.3) is 0 Å². The number of benzene rings is 2. The average molecular weight is 288 g/mol. The summed E-state index contributed by atoms with van der Waals surface area (Å²) in [6.07, 6.45) is 0. The molecule has 0 radical (unpaired) electrons. The van der Waals surface area contributed by atoms with E-state index >= 15 is 0 Å².